The highest BCUT2D eigenvalue weighted by atomic mass is 32.2. The summed E-state index contributed by atoms with van der Waals surface area (Å²) in [7, 11) is -3.69. The average Bonchev–Trinajstić information content (AvgIpc) is 3.28. The zero-order valence-corrected chi connectivity index (χ0v) is 20.1. The molecule has 0 atom stereocenters. The highest BCUT2D eigenvalue weighted by molar-refractivity contribution is 7.92. The first-order valence-corrected chi connectivity index (χ1v) is 13.0. The molecule has 10 heteroatoms. The molecule has 6 nitrogen and oxygen atoms in total. The van der Waals surface area contributed by atoms with Crippen LogP contribution in [-0.2, 0) is 29.5 Å². The first-order chi connectivity index (χ1) is 16.1. The third-order valence-corrected chi connectivity index (χ3v) is 8.56. The molecule has 1 aromatic heterocycles. The topological polar surface area (TPSA) is 79.4 Å². The highest BCUT2D eigenvalue weighted by Crippen LogP contribution is 2.40. The summed E-state index contributed by atoms with van der Waals surface area (Å²) in [6.45, 7) is 5.24. The molecular formula is C24H30F3N3O3S. The van der Waals surface area contributed by atoms with Crippen LogP contribution in [0.1, 0.15) is 56.2 Å². The van der Waals surface area contributed by atoms with Gasteiger partial charge < -0.3 is 10.2 Å². The van der Waals surface area contributed by atoms with E-state index in [1.807, 2.05) is 19.9 Å². The van der Waals surface area contributed by atoms with E-state index in [2.05, 4.69) is 10.3 Å². The van der Waals surface area contributed by atoms with Crippen LogP contribution >= 0.6 is 0 Å². The Morgan fingerprint density at radius 2 is 1.65 bits per heavy atom. The smallest absolute Gasteiger partial charge is 0.334 e. The number of rotatable bonds is 4. The van der Waals surface area contributed by atoms with E-state index in [4.69, 9.17) is 0 Å². The van der Waals surface area contributed by atoms with Crippen molar-refractivity contribution in [3.8, 4) is 0 Å². The van der Waals surface area contributed by atoms with Crippen LogP contribution in [0.5, 0.6) is 0 Å². The van der Waals surface area contributed by atoms with Gasteiger partial charge in [-0.15, -0.1) is 0 Å². The number of alkyl halides is 3. The van der Waals surface area contributed by atoms with Crippen molar-refractivity contribution in [3.63, 3.8) is 0 Å². The minimum absolute atomic E-state index is 0.0120. The summed E-state index contributed by atoms with van der Waals surface area (Å²) in [5, 5.41) is 2.03. The van der Waals surface area contributed by atoms with E-state index < -0.39 is 27.2 Å². The van der Waals surface area contributed by atoms with E-state index >= 15 is 0 Å². The third kappa shape index (κ3) is 5.89. The van der Waals surface area contributed by atoms with Crippen molar-refractivity contribution in [2.24, 2.45) is 5.92 Å². The van der Waals surface area contributed by atoms with Crippen LogP contribution in [0.15, 0.2) is 47.6 Å². The largest absolute Gasteiger partial charge is 0.391 e. The van der Waals surface area contributed by atoms with Gasteiger partial charge in [0.05, 0.1) is 16.1 Å². The fourth-order valence-electron chi connectivity index (χ4n) is 4.34. The van der Waals surface area contributed by atoms with Crippen molar-refractivity contribution in [3.05, 3.63) is 59.4 Å². The number of halogens is 3. The van der Waals surface area contributed by atoms with Gasteiger partial charge in [-0.25, -0.2) is 13.2 Å². The first kappa shape index (κ1) is 26.0. The van der Waals surface area contributed by atoms with Crippen molar-refractivity contribution in [2.75, 3.05) is 0 Å². The minimum Gasteiger partial charge on any atom is -0.334 e. The van der Waals surface area contributed by atoms with Gasteiger partial charge >= 0.3 is 12.2 Å². The molecule has 34 heavy (non-hydrogen) atoms. The maximum atomic E-state index is 12.8. The van der Waals surface area contributed by atoms with Crippen LogP contribution in [0.3, 0.4) is 0 Å². The summed E-state index contributed by atoms with van der Waals surface area (Å²) in [5.41, 5.74) is 2.81. The van der Waals surface area contributed by atoms with Crippen molar-refractivity contribution in [1.29, 1.82) is 0 Å². The zero-order valence-electron chi connectivity index (χ0n) is 19.3. The molecule has 1 aliphatic heterocycles. The Labute approximate surface area is 198 Å². The van der Waals surface area contributed by atoms with Crippen LogP contribution in [0.25, 0.3) is 0 Å². The number of nitrogens with zero attached hydrogens (tertiary/aromatic N) is 2. The third-order valence-electron chi connectivity index (χ3n) is 6.29. The lowest BCUT2D eigenvalue weighted by atomic mass is 9.88. The Morgan fingerprint density at radius 1 is 1.03 bits per heavy atom. The summed E-state index contributed by atoms with van der Waals surface area (Å²) >= 11 is 0. The maximum Gasteiger partial charge on any atom is 0.391 e. The Bertz CT molecular complexity index is 1060. The molecule has 0 bridgehead atoms. The number of hydrogen-bond donors (Lipinski definition) is 1. The van der Waals surface area contributed by atoms with Gasteiger partial charge in [-0.05, 0) is 60.6 Å². The number of carbonyl (C=O) groups excluding carboxylic acids is 1. The molecule has 2 amide bonds. The summed E-state index contributed by atoms with van der Waals surface area (Å²) < 4.78 is 64.2. The number of sulfone groups is 1. The van der Waals surface area contributed by atoms with Gasteiger partial charge in [-0.2, -0.15) is 13.2 Å². The molecule has 1 saturated carbocycles. The fourth-order valence-corrected chi connectivity index (χ4v) is 6.14. The molecule has 2 aromatic rings. The Kier molecular flexibility index (Phi) is 8.22. The predicted molar refractivity (Wildman–Crippen MR) is 122 cm³/mol. The lowest BCUT2D eigenvalue weighted by molar-refractivity contribution is -0.181. The summed E-state index contributed by atoms with van der Waals surface area (Å²) in [6.07, 6.45) is -1.12. The summed E-state index contributed by atoms with van der Waals surface area (Å²) in [6, 6.07) is 7.83. The molecule has 2 heterocycles. The van der Waals surface area contributed by atoms with Gasteiger partial charge in [0.2, 0.25) is 0 Å². The molecule has 4 rings (SSSR count). The van der Waals surface area contributed by atoms with Crippen molar-refractivity contribution >= 4 is 15.9 Å². The number of amides is 2. The minimum atomic E-state index is -4.27. The van der Waals surface area contributed by atoms with E-state index in [1.165, 1.54) is 12.1 Å². The van der Waals surface area contributed by atoms with E-state index in [1.54, 1.807) is 29.4 Å². The van der Waals surface area contributed by atoms with E-state index in [-0.39, 0.29) is 43.2 Å². The van der Waals surface area contributed by atoms with Crippen LogP contribution in [0.4, 0.5) is 18.0 Å². The lowest BCUT2D eigenvalue weighted by Gasteiger charge is -2.29. The van der Waals surface area contributed by atoms with Crippen LogP contribution in [0, 0.1) is 5.92 Å². The Balaban J connectivity index is 0.00000158. The standard InChI is InChI=1S/C22H24F3N3O3S.C2H6/c23-22(24,25)18-3-7-20(8-4-18)32(30,31)19-5-1-15(2-6-19)11-27-21(29)28-13-16-9-10-26-12-17(16)14-28;1-2/h1-2,5-6,9-10,12,18,20H,3-4,7-8,11,13-14H2,(H,27,29);1-2H3. The Hall–Kier alpha value is -2.62. The fraction of sp³-hybridized carbons (Fsp3) is 0.500. The van der Waals surface area contributed by atoms with Crippen molar-refractivity contribution in [1.82, 2.24) is 15.2 Å². The van der Waals surface area contributed by atoms with Crippen LogP contribution in [0.2, 0.25) is 0 Å². The Morgan fingerprint density at radius 3 is 2.24 bits per heavy atom. The predicted octanol–water partition coefficient (Wildman–Crippen LogP) is 5.23. The second-order valence-electron chi connectivity index (χ2n) is 8.36. The number of benzene rings is 1. The molecule has 0 radical (unpaired) electrons. The molecule has 1 aliphatic carbocycles. The number of hydrogen-bond acceptors (Lipinski definition) is 4. The molecule has 0 spiro atoms. The number of nitrogens with one attached hydrogen (secondary N) is 1. The number of aromatic nitrogens is 1. The molecule has 186 valence electrons. The van der Waals surface area contributed by atoms with Gasteiger partial charge in [0.15, 0.2) is 9.84 Å². The molecule has 0 saturated heterocycles. The quantitative estimate of drug-likeness (QED) is 0.628. The molecule has 2 aliphatic rings. The van der Waals surface area contributed by atoms with Crippen molar-refractivity contribution < 1.29 is 26.4 Å². The number of carbonyl (C=O) groups is 1. The lowest BCUT2D eigenvalue weighted by Crippen LogP contribution is -2.36. The van der Waals surface area contributed by atoms with E-state index in [9.17, 15) is 26.4 Å². The molecular weight excluding hydrogens is 467 g/mol. The van der Waals surface area contributed by atoms with Gasteiger partial charge in [0.25, 0.3) is 0 Å². The summed E-state index contributed by atoms with van der Waals surface area (Å²) in [4.78, 5) is 18.3. The first-order valence-electron chi connectivity index (χ1n) is 11.5. The second kappa shape index (κ2) is 10.8. The second-order valence-corrected chi connectivity index (χ2v) is 10.6. The molecule has 0 unspecified atom stereocenters. The molecule has 1 N–H and O–H groups in total. The van der Waals surface area contributed by atoms with Gasteiger partial charge in [-0.1, -0.05) is 26.0 Å². The average molecular weight is 498 g/mol. The normalized spacial score (nSPS) is 20.2. The van der Waals surface area contributed by atoms with E-state index in [0.717, 1.165) is 16.7 Å². The van der Waals surface area contributed by atoms with Crippen molar-refractivity contribution in [2.45, 2.75) is 75.5 Å². The number of urea groups is 1. The molecule has 1 fully saturated rings. The maximum absolute atomic E-state index is 12.8. The molecule has 1 aromatic carbocycles. The van der Waals surface area contributed by atoms with Crippen LogP contribution < -0.4 is 5.32 Å². The van der Waals surface area contributed by atoms with Gasteiger partial charge in [-0.3, -0.25) is 4.98 Å². The monoisotopic (exact) mass is 497 g/mol. The zero-order chi connectivity index (χ0) is 24.9. The van der Waals surface area contributed by atoms with Gasteiger partial charge in [0.1, 0.15) is 0 Å². The summed E-state index contributed by atoms with van der Waals surface area (Å²) in [5.74, 6) is -1.42. The number of pyridine rings is 1. The van der Waals surface area contributed by atoms with Gasteiger partial charge in [0, 0.05) is 32.0 Å². The number of fused-ring (bicyclic) bond motifs is 1. The van der Waals surface area contributed by atoms with Crippen LogP contribution in [-0.4, -0.2) is 35.8 Å². The van der Waals surface area contributed by atoms with E-state index in [0.29, 0.717) is 13.1 Å². The highest BCUT2D eigenvalue weighted by Gasteiger charge is 2.43. The SMILES string of the molecule is CC.O=C(NCc1ccc(S(=O)(=O)C2CCC(C(F)(F)F)CC2)cc1)N1Cc2ccncc2C1.